The fraction of sp³-hybridized carbons (Fsp3) is 0.538. The molecule has 16 heavy (non-hydrogen) atoms. The Morgan fingerprint density at radius 2 is 1.81 bits per heavy atom. The third kappa shape index (κ3) is 3.97. The number of nitrogens with one attached hydrogen (secondary N) is 1. The number of benzene rings is 1. The maximum atomic E-state index is 5.96. The van der Waals surface area contributed by atoms with Crippen molar-refractivity contribution in [2.45, 2.75) is 40.3 Å². The van der Waals surface area contributed by atoms with E-state index in [1.807, 2.05) is 18.2 Å². The molecular weight excluding hydrogens is 241 g/mol. The van der Waals surface area contributed by atoms with E-state index in [4.69, 9.17) is 23.2 Å². The van der Waals surface area contributed by atoms with Crippen LogP contribution in [0.4, 0.5) is 0 Å². The highest BCUT2D eigenvalue weighted by atomic mass is 35.5. The lowest BCUT2D eigenvalue weighted by Gasteiger charge is -2.28. The van der Waals surface area contributed by atoms with Crippen molar-refractivity contribution < 1.29 is 0 Å². The van der Waals surface area contributed by atoms with Crippen molar-refractivity contribution in [3.05, 3.63) is 33.8 Å². The van der Waals surface area contributed by atoms with E-state index in [0.717, 1.165) is 12.1 Å². The highest BCUT2D eigenvalue weighted by Crippen LogP contribution is 2.23. The third-order valence-electron chi connectivity index (χ3n) is 2.90. The third-order valence-corrected chi connectivity index (χ3v) is 3.63. The first-order chi connectivity index (χ1) is 7.30. The van der Waals surface area contributed by atoms with E-state index in [0.29, 0.717) is 16.1 Å². The largest absolute Gasteiger partial charge is 0.310 e. The average Bonchev–Trinajstić information content (AvgIpc) is 2.18. The molecule has 0 bridgehead atoms. The summed E-state index contributed by atoms with van der Waals surface area (Å²) in [6, 6.07) is 6.19. The summed E-state index contributed by atoms with van der Waals surface area (Å²) >= 11 is 11.8. The molecule has 0 saturated heterocycles. The summed E-state index contributed by atoms with van der Waals surface area (Å²) in [4.78, 5) is 0. The minimum atomic E-state index is 0.260. The van der Waals surface area contributed by atoms with Crippen LogP contribution in [0.1, 0.15) is 33.3 Å². The van der Waals surface area contributed by atoms with Gasteiger partial charge in [-0.15, -0.1) is 0 Å². The zero-order valence-electron chi connectivity index (χ0n) is 10.3. The van der Waals surface area contributed by atoms with Gasteiger partial charge >= 0.3 is 0 Å². The second-order valence-corrected chi connectivity index (χ2v) is 6.03. The second-order valence-electron chi connectivity index (χ2n) is 5.22. The van der Waals surface area contributed by atoms with Crippen LogP contribution in [0, 0.1) is 5.41 Å². The van der Waals surface area contributed by atoms with Gasteiger partial charge in [0.15, 0.2) is 0 Å². The van der Waals surface area contributed by atoms with Gasteiger partial charge in [0.2, 0.25) is 0 Å². The molecule has 1 nitrogen and oxygen atoms in total. The fourth-order valence-electron chi connectivity index (χ4n) is 1.23. The number of hydrogen-bond acceptors (Lipinski definition) is 1. The predicted octanol–water partition coefficient (Wildman–Crippen LogP) is 4.52. The van der Waals surface area contributed by atoms with E-state index in [1.54, 1.807) is 0 Å². The highest BCUT2D eigenvalue weighted by molar-refractivity contribution is 6.42. The molecule has 0 radical (unpaired) electrons. The van der Waals surface area contributed by atoms with Gasteiger partial charge in [0.1, 0.15) is 0 Å². The quantitative estimate of drug-likeness (QED) is 0.842. The molecule has 1 N–H and O–H groups in total. The first kappa shape index (κ1) is 13.8. The SMILES string of the molecule is CC(NCc1ccc(Cl)c(Cl)c1)C(C)(C)C. The average molecular weight is 260 g/mol. The van der Waals surface area contributed by atoms with Gasteiger partial charge in [0.25, 0.3) is 0 Å². The fourth-order valence-corrected chi connectivity index (χ4v) is 1.55. The van der Waals surface area contributed by atoms with Crippen molar-refractivity contribution in [2.24, 2.45) is 5.41 Å². The smallest absolute Gasteiger partial charge is 0.0595 e. The van der Waals surface area contributed by atoms with E-state index in [9.17, 15) is 0 Å². The zero-order valence-corrected chi connectivity index (χ0v) is 11.8. The van der Waals surface area contributed by atoms with Gasteiger partial charge < -0.3 is 5.32 Å². The predicted molar refractivity (Wildman–Crippen MR) is 72.2 cm³/mol. The molecule has 0 fully saturated rings. The van der Waals surface area contributed by atoms with E-state index in [1.165, 1.54) is 0 Å². The van der Waals surface area contributed by atoms with E-state index < -0.39 is 0 Å². The van der Waals surface area contributed by atoms with Crippen molar-refractivity contribution >= 4 is 23.2 Å². The molecule has 0 amide bonds. The van der Waals surface area contributed by atoms with Gasteiger partial charge in [-0.1, -0.05) is 50.0 Å². The molecule has 3 heteroatoms. The molecule has 1 aromatic carbocycles. The molecule has 1 atom stereocenters. The minimum Gasteiger partial charge on any atom is -0.310 e. The molecule has 90 valence electrons. The highest BCUT2D eigenvalue weighted by Gasteiger charge is 2.18. The Morgan fingerprint density at radius 1 is 1.19 bits per heavy atom. The van der Waals surface area contributed by atoms with Crippen molar-refractivity contribution in [3.8, 4) is 0 Å². The Bertz CT molecular complexity index is 355. The lowest BCUT2D eigenvalue weighted by molar-refractivity contribution is 0.285. The summed E-state index contributed by atoms with van der Waals surface area (Å²) in [5.74, 6) is 0. The summed E-state index contributed by atoms with van der Waals surface area (Å²) in [6.45, 7) is 9.67. The molecule has 0 aliphatic rings. The molecule has 0 saturated carbocycles. The molecule has 1 rings (SSSR count). The normalized spacial score (nSPS) is 13.9. The summed E-state index contributed by atoms with van der Waals surface area (Å²) in [5.41, 5.74) is 1.42. The first-order valence-corrected chi connectivity index (χ1v) is 6.23. The topological polar surface area (TPSA) is 12.0 Å². The van der Waals surface area contributed by atoms with E-state index in [2.05, 4.69) is 33.0 Å². The maximum Gasteiger partial charge on any atom is 0.0595 e. The standard InChI is InChI=1S/C13H19Cl2N/c1-9(13(2,3)4)16-8-10-5-6-11(14)12(15)7-10/h5-7,9,16H,8H2,1-4H3. The monoisotopic (exact) mass is 259 g/mol. The van der Waals surface area contributed by atoms with Gasteiger partial charge in [-0.2, -0.15) is 0 Å². The summed E-state index contributed by atoms with van der Waals surface area (Å²) in [5, 5.41) is 4.70. The lowest BCUT2D eigenvalue weighted by atomic mass is 9.88. The van der Waals surface area contributed by atoms with Crippen LogP contribution in [-0.2, 0) is 6.54 Å². The molecule has 1 aromatic rings. The van der Waals surface area contributed by atoms with E-state index in [-0.39, 0.29) is 5.41 Å². The molecule has 0 aliphatic carbocycles. The molecule has 0 heterocycles. The first-order valence-electron chi connectivity index (χ1n) is 5.48. The van der Waals surface area contributed by atoms with Crippen LogP contribution >= 0.6 is 23.2 Å². The van der Waals surface area contributed by atoms with Gasteiger partial charge in [0.05, 0.1) is 10.0 Å². The number of hydrogen-bond donors (Lipinski definition) is 1. The van der Waals surface area contributed by atoms with Gasteiger partial charge in [-0.05, 0) is 30.0 Å². The Hall–Kier alpha value is -0.240. The van der Waals surface area contributed by atoms with Crippen LogP contribution in [0.5, 0.6) is 0 Å². The summed E-state index contributed by atoms with van der Waals surface area (Å²) in [6.07, 6.45) is 0. The Labute approximate surface area is 108 Å². The van der Waals surface area contributed by atoms with Gasteiger partial charge in [-0.25, -0.2) is 0 Å². The van der Waals surface area contributed by atoms with E-state index >= 15 is 0 Å². The van der Waals surface area contributed by atoms with Gasteiger partial charge in [0, 0.05) is 12.6 Å². The molecular formula is C13H19Cl2N. The van der Waals surface area contributed by atoms with Crippen LogP contribution in [0.2, 0.25) is 10.0 Å². The molecule has 0 aromatic heterocycles. The lowest BCUT2D eigenvalue weighted by Crippen LogP contribution is -2.37. The van der Waals surface area contributed by atoms with Crippen LogP contribution in [0.25, 0.3) is 0 Å². The van der Waals surface area contributed by atoms with Crippen molar-refractivity contribution in [3.63, 3.8) is 0 Å². The van der Waals surface area contributed by atoms with Crippen LogP contribution in [0.3, 0.4) is 0 Å². The number of halogens is 2. The Kier molecular flexibility index (Phi) is 4.66. The molecule has 0 spiro atoms. The van der Waals surface area contributed by atoms with Crippen molar-refractivity contribution in [1.29, 1.82) is 0 Å². The summed E-state index contributed by atoms with van der Waals surface area (Å²) < 4.78 is 0. The van der Waals surface area contributed by atoms with Crippen molar-refractivity contribution in [1.82, 2.24) is 5.32 Å². The number of rotatable bonds is 3. The van der Waals surface area contributed by atoms with Crippen molar-refractivity contribution in [2.75, 3.05) is 0 Å². The molecule has 1 unspecified atom stereocenters. The zero-order chi connectivity index (χ0) is 12.3. The van der Waals surface area contributed by atoms with Crippen LogP contribution in [0.15, 0.2) is 18.2 Å². The summed E-state index contributed by atoms with van der Waals surface area (Å²) in [7, 11) is 0. The maximum absolute atomic E-state index is 5.96. The van der Waals surface area contributed by atoms with Crippen LogP contribution in [-0.4, -0.2) is 6.04 Å². The molecule has 0 aliphatic heterocycles. The second kappa shape index (κ2) is 5.39. The van der Waals surface area contributed by atoms with Gasteiger partial charge in [-0.3, -0.25) is 0 Å². The minimum absolute atomic E-state index is 0.260. The Balaban J connectivity index is 2.58. The Morgan fingerprint density at radius 3 is 2.31 bits per heavy atom. The van der Waals surface area contributed by atoms with Crippen LogP contribution < -0.4 is 5.32 Å².